The Morgan fingerprint density at radius 2 is 2.12 bits per heavy atom. The average Bonchev–Trinajstić information content (AvgIpc) is 3.36. The second-order valence-corrected chi connectivity index (χ2v) is 6.77. The molecule has 0 aliphatic heterocycles. The molecule has 0 spiro atoms. The lowest BCUT2D eigenvalue weighted by Gasteiger charge is -2.11. The molecule has 0 radical (unpaired) electrons. The molecule has 6 nitrogen and oxygen atoms in total. The molecule has 2 N–H and O–H groups in total. The van der Waals surface area contributed by atoms with Crippen LogP contribution in [0.3, 0.4) is 0 Å². The van der Waals surface area contributed by atoms with Gasteiger partial charge in [-0.3, -0.25) is 0 Å². The molecule has 0 aliphatic rings. The Hall–Kier alpha value is -3.19. The van der Waals surface area contributed by atoms with Crippen LogP contribution in [0.5, 0.6) is 0 Å². The van der Waals surface area contributed by atoms with Crippen LogP contribution >= 0.6 is 11.3 Å². The molecule has 0 amide bonds. The summed E-state index contributed by atoms with van der Waals surface area (Å²) in [5.74, 6) is 1.37. The summed E-state index contributed by atoms with van der Waals surface area (Å²) in [6.45, 7) is 2.74. The van der Waals surface area contributed by atoms with Crippen molar-refractivity contribution >= 4 is 28.8 Å². The maximum atomic E-state index is 5.05. The minimum absolute atomic E-state index is 0.543. The third-order valence-electron chi connectivity index (χ3n) is 3.83. The zero-order chi connectivity index (χ0) is 17.8. The van der Waals surface area contributed by atoms with Crippen molar-refractivity contribution in [3.8, 4) is 11.3 Å². The minimum Gasteiger partial charge on any atom is -0.451 e. The standard InChI is InChI=1S/C19H17N5OS/c1-13-9-21-19(24-18(13)20-10-16-6-3-7-26-16)23-15-5-2-4-14(8-15)17-11-25-12-22-17/h2-9,11-12H,10H2,1H3,(H2,20,21,23,24). The topological polar surface area (TPSA) is 75.9 Å². The average molecular weight is 363 g/mol. The van der Waals surface area contributed by atoms with Gasteiger partial charge in [-0.2, -0.15) is 4.98 Å². The van der Waals surface area contributed by atoms with E-state index in [1.807, 2.05) is 43.5 Å². The minimum atomic E-state index is 0.543. The van der Waals surface area contributed by atoms with Gasteiger partial charge in [0.05, 0.1) is 6.54 Å². The molecule has 3 aromatic heterocycles. The Labute approximate surface area is 155 Å². The number of nitrogens with zero attached hydrogens (tertiary/aromatic N) is 3. The molecule has 7 heteroatoms. The van der Waals surface area contributed by atoms with Crippen molar-refractivity contribution in [3.05, 3.63) is 71.1 Å². The lowest BCUT2D eigenvalue weighted by Crippen LogP contribution is -2.05. The number of thiophene rings is 1. The van der Waals surface area contributed by atoms with E-state index in [0.29, 0.717) is 5.95 Å². The van der Waals surface area contributed by atoms with Gasteiger partial charge < -0.3 is 15.1 Å². The number of aromatic nitrogens is 3. The molecular weight excluding hydrogens is 346 g/mol. The summed E-state index contributed by atoms with van der Waals surface area (Å²) in [6.07, 6.45) is 4.85. The number of anilines is 3. The van der Waals surface area contributed by atoms with Crippen molar-refractivity contribution in [2.24, 2.45) is 0 Å². The molecule has 0 aliphatic carbocycles. The maximum absolute atomic E-state index is 5.05. The molecule has 130 valence electrons. The predicted octanol–water partition coefficient (Wildman–Crippen LogP) is 4.86. The van der Waals surface area contributed by atoms with E-state index in [2.05, 4.69) is 37.0 Å². The van der Waals surface area contributed by atoms with Crippen LogP contribution in [0, 0.1) is 6.92 Å². The van der Waals surface area contributed by atoms with Crippen molar-refractivity contribution in [2.45, 2.75) is 13.5 Å². The highest BCUT2D eigenvalue weighted by Crippen LogP contribution is 2.23. The lowest BCUT2D eigenvalue weighted by molar-refractivity contribution is 0.558. The number of nitrogens with one attached hydrogen (secondary N) is 2. The summed E-state index contributed by atoms with van der Waals surface area (Å²) in [4.78, 5) is 14.4. The quantitative estimate of drug-likeness (QED) is 0.510. The molecule has 0 atom stereocenters. The maximum Gasteiger partial charge on any atom is 0.229 e. The van der Waals surface area contributed by atoms with Crippen LogP contribution < -0.4 is 10.6 Å². The molecule has 0 bridgehead atoms. The van der Waals surface area contributed by atoms with Gasteiger partial charge in [0, 0.05) is 27.9 Å². The molecule has 0 saturated heterocycles. The van der Waals surface area contributed by atoms with Gasteiger partial charge in [0.2, 0.25) is 5.95 Å². The van der Waals surface area contributed by atoms with Gasteiger partial charge in [-0.15, -0.1) is 11.3 Å². The first-order chi connectivity index (χ1) is 12.8. The van der Waals surface area contributed by atoms with Gasteiger partial charge in [0.15, 0.2) is 6.39 Å². The van der Waals surface area contributed by atoms with Crippen LogP contribution in [0.2, 0.25) is 0 Å². The first-order valence-corrected chi connectivity index (χ1v) is 9.01. The number of benzene rings is 1. The predicted molar refractivity (Wildman–Crippen MR) is 104 cm³/mol. The van der Waals surface area contributed by atoms with Gasteiger partial charge in [0.1, 0.15) is 17.8 Å². The van der Waals surface area contributed by atoms with E-state index in [1.165, 1.54) is 11.3 Å². The molecule has 0 saturated carbocycles. The van der Waals surface area contributed by atoms with Crippen molar-refractivity contribution in [1.29, 1.82) is 0 Å². The first kappa shape index (κ1) is 16.3. The monoisotopic (exact) mass is 363 g/mol. The SMILES string of the molecule is Cc1cnc(Nc2cccc(-c3cocn3)c2)nc1NCc1cccs1. The van der Waals surface area contributed by atoms with Gasteiger partial charge in [-0.1, -0.05) is 18.2 Å². The third kappa shape index (κ3) is 3.73. The molecule has 0 fully saturated rings. The van der Waals surface area contributed by atoms with E-state index >= 15 is 0 Å². The molecule has 4 rings (SSSR count). The zero-order valence-electron chi connectivity index (χ0n) is 14.1. The molecule has 0 unspecified atom stereocenters. The number of hydrogen-bond donors (Lipinski definition) is 2. The van der Waals surface area contributed by atoms with E-state index in [9.17, 15) is 0 Å². The van der Waals surface area contributed by atoms with Gasteiger partial charge in [0.25, 0.3) is 0 Å². The summed E-state index contributed by atoms with van der Waals surface area (Å²) in [6, 6.07) is 12.0. The van der Waals surface area contributed by atoms with Crippen LogP contribution in [0.1, 0.15) is 10.4 Å². The van der Waals surface area contributed by atoms with Crippen LogP contribution in [-0.2, 0) is 6.54 Å². The third-order valence-corrected chi connectivity index (χ3v) is 4.71. The zero-order valence-corrected chi connectivity index (χ0v) is 15.0. The molecular formula is C19H17N5OS. The molecule has 1 aromatic carbocycles. The Bertz CT molecular complexity index is 983. The van der Waals surface area contributed by atoms with Crippen molar-refractivity contribution in [3.63, 3.8) is 0 Å². The summed E-state index contributed by atoms with van der Waals surface area (Å²) < 4.78 is 5.05. The molecule has 26 heavy (non-hydrogen) atoms. The van der Waals surface area contributed by atoms with Crippen molar-refractivity contribution in [2.75, 3.05) is 10.6 Å². The second kappa shape index (κ2) is 7.37. The molecule has 3 heterocycles. The highest BCUT2D eigenvalue weighted by molar-refractivity contribution is 7.09. The fraction of sp³-hybridized carbons (Fsp3) is 0.105. The van der Waals surface area contributed by atoms with Gasteiger partial charge >= 0.3 is 0 Å². The summed E-state index contributed by atoms with van der Waals surface area (Å²) in [7, 11) is 0. The second-order valence-electron chi connectivity index (χ2n) is 5.74. The van der Waals surface area contributed by atoms with Crippen LogP contribution in [0.4, 0.5) is 17.5 Å². The smallest absolute Gasteiger partial charge is 0.229 e. The van der Waals surface area contributed by atoms with Crippen molar-refractivity contribution in [1.82, 2.24) is 15.0 Å². The highest BCUT2D eigenvalue weighted by atomic mass is 32.1. The highest BCUT2D eigenvalue weighted by Gasteiger charge is 2.06. The fourth-order valence-electron chi connectivity index (χ4n) is 2.51. The van der Waals surface area contributed by atoms with Gasteiger partial charge in [-0.25, -0.2) is 9.97 Å². The Balaban J connectivity index is 1.51. The number of aryl methyl sites for hydroxylation is 1. The normalized spacial score (nSPS) is 10.7. The van der Waals surface area contributed by atoms with Gasteiger partial charge in [-0.05, 0) is 30.5 Å². The molecule has 4 aromatic rings. The number of oxazole rings is 1. The van der Waals surface area contributed by atoms with Crippen LogP contribution in [0.25, 0.3) is 11.3 Å². The lowest BCUT2D eigenvalue weighted by atomic mass is 10.1. The van der Waals surface area contributed by atoms with E-state index in [-0.39, 0.29) is 0 Å². The summed E-state index contributed by atoms with van der Waals surface area (Å²) >= 11 is 1.72. The first-order valence-electron chi connectivity index (χ1n) is 8.13. The van der Waals surface area contributed by atoms with E-state index in [1.54, 1.807) is 17.6 Å². The van der Waals surface area contributed by atoms with Crippen LogP contribution in [0.15, 0.2) is 65.0 Å². The van der Waals surface area contributed by atoms with Crippen molar-refractivity contribution < 1.29 is 4.42 Å². The van der Waals surface area contributed by atoms with E-state index < -0.39 is 0 Å². The summed E-state index contributed by atoms with van der Waals surface area (Å²) in [5, 5.41) is 8.69. The largest absolute Gasteiger partial charge is 0.451 e. The number of rotatable bonds is 6. The van der Waals surface area contributed by atoms with Crippen LogP contribution in [-0.4, -0.2) is 15.0 Å². The number of hydrogen-bond acceptors (Lipinski definition) is 7. The summed E-state index contributed by atoms with van der Waals surface area (Å²) in [5.41, 5.74) is 3.64. The Morgan fingerprint density at radius 3 is 2.92 bits per heavy atom. The Morgan fingerprint density at radius 1 is 1.15 bits per heavy atom. The van der Waals surface area contributed by atoms with E-state index in [0.717, 1.165) is 34.9 Å². The van der Waals surface area contributed by atoms with E-state index in [4.69, 9.17) is 4.42 Å². The Kier molecular flexibility index (Phi) is 4.61. The fourth-order valence-corrected chi connectivity index (χ4v) is 3.15.